The lowest BCUT2D eigenvalue weighted by Crippen LogP contribution is -2.35. The molecule has 1 aromatic carbocycles. The van der Waals surface area contributed by atoms with Crippen LogP contribution >= 0.6 is 46.6 Å². The molecule has 0 aromatic heterocycles. The number of anilines is 1. The molecule has 0 saturated carbocycles. The van der Waals surface area contributed by atoms with Gasteiger partial charge in [-0.3, -0.25) is 0 Å². The van der Waals surface area contributed by atoms with Crippen molar-refractivity contribution in [2.75, 3.05) is 16.8 Å². The Balaban J connectivity index is 2.14. The normalized spacial score (nSPS) is 22.8. The molecule has 0 bridgehead atoms. The SMILES string of the molecule is CC1(C)CSCC(Nc2c(Cl)cc(Cl)cc2Cl)C1. The molecule has 2 rings (SSSR count). The van der Waals surface area contributed by atoms with Gasteiger partial charge in [-0.25, -0.2) is 0 Å². The summed E-state index contributed by atoms with van der Waals surface area (Å²) in [6.45, 7) is 4.58. The summed E-state index contributed by atoms with van der Waals surface area (Å²) in [4.78, 5) is 0. The Hall–Kier alpha value is 0.240. The fourth-order valence-corrected chi connectivity index (χ4v) is 4.44. The highest BCUT2D eigenvalue weighted by molar-refractivity contribution is 7.99. The smallest absolute Gasteiger partial charge is 0.0722 e. The first kappa shape index (κ1) is 14.6. The topological polar surface area (TPSA) is 12.0 Å². The van der Waals surface area contributed by atoms with E-state index in [1.807, 2.05) is 11.8 Å². The highest BCUT2D eigenvalue weighted by Crippen LogP contribution is 2.38. The highest BCUT2D eigenvalue weighted by atomic mass is 35.5. The number of hydrogen-bond donors (Lipinski definition) is 1. The molecule has 1 fully saturated rings. The molecule has 1 nitrogen and oxygen atoms in total. The van der Waals surface area contributed by atoms with Crippen LogP contribution in [0.2, 0.25) is 15.1 Å². The van der Waals surface area contributed by atoms with Crippen LogP contribution in [0.1, 0.15) is 20.3 Å². The maximum absolute atomic E-state index is 6.19. The average molecular weight is 325 g/mol. The van der Waals surface area contributed by atoms with Crippen molar-refractivity contribution in [2.24, 2.45) is 5.41 Å². The van der Waals surface area contributed by atoms with Crippen molar-refractivity contribution in [3.63, 3.8) is 0 Å². The molecular formula is C13H16Cl3NS. The average Bonchev–Trinajstić information content (AvgIpc) is 2.22. The van der Waals surface area contributed by atoms with E-state index >= 15 is 0 Å². The van der Waals surface area contributed by atoms with Crippen molar-refractivity contribution in [3.05, 3.63) is 27.2 Å². The van der Waals surface area contributed by atoms with Gasteiger partial charge in [0.15, 0.2) is 0 Å². The van der Waals surface area contributed by atoms with Gasteiger partial charge in [0.1, 0.15) is 0 Å². The second-order valence-corrected chi connectivity index (χ2v) is 7.75. The van der Waals surface area contributed by atoms with Crippen LogP contribution in [0.25, 0.3) is 0 Å². The minimum Gasteiger partial charge on any atom is -0.379 e. The standard InChI is InChI=1S/C13H16Cl3NS/c1-13(2)5-9(6-18-7-13)17-12-10(15)3-8(14)4-11(12)16/h3-4,9,17H,5-7H2,1-2H3. The third-order valence-electron chi connectivity index (χ3n) is 2.97. The number of nitrogens with one attached hydrogen (secondary N) is 1. The Morgan fingerprint density at radius 2 is 1.83 bits per heavy atom. The first-order valence-corrected chi connectivity index (χ1v) is 8.15. The lowest BCUT2D eigenvalue weighted by atomic mass is 9.88. The zero-order chi connectivity index (χ0) is 13.3. The minimum absolute atomic E-state index is 0.353. The fourth-order valence-electron chi connectivity index (χ4n) is 2.24. The molecule has 1 saturated heterocycles. The molecule has 5 heteroatoms. The van der Waals surface area contributed by atoms with Crippen molar-refractivity contribution in [3.8, 4) is 0 Å². The number of benzene rings is 1. The first-order valence-electron chi connectivity index (χ1n) is 5.86. The summed E-state index contributed by atoms with van der Waals surface area (Å²) in [5, 5.41) is 5.19. The Kier molecular flexibility index (Phi) is 4.64. The molecule has 0 aliphatic carbocycles. The molecule has 0 radical (unpaired) electrons. The molecule has 1 unspecified atom stereocenters. The van der Waals surface area contributed by atoms with Crippen molar-refractivity contribution in [1.29, 1.82) is 0 Å². The van der Waals surface area contributed by atoms with Gasteiger partial charge in [-0.15, -0.1) is 0 Å². The largest absolute Gasteiger partial charge is 0.379 e. The Morgan fingerprint density at radius 1 is 1.22 bits per heavy atom. The van der Waals surface area contributed by atoms with Crippen LogP contribution in [0.5, 0.6) is 0 Å². The van der Waals surface area contributed by atoms with Gasteiger partial charge in [-0.05, 0) is 29.7 Å². The van der Waals surface area contributed by atoms with E-state index in [-0.39, 0.29) is 0 Å². The van der Waals surface area contributed by atoms with Crippen molar-refractivity contribution in [1.82, 2.24) is 0 Å². The number of halogens is 3. The summed E-state index contributed by atoms with van der Waals surface area (Å²) in [6.07, 6.45) is 1.12. The van der Waals surface area contributed by atoms with Crippen LogP contribution in [0, 0.1) is 5.41 Å². The summed E-state index contributed by atoms with van der Waals surface area (Å²) in [7, 11) is 0. The third-order valence-corrected chi connectivity index (χ3v) is 5.40. The molecule has 1 heterocycles. The van der Waals surface area contributed by atoms with Crippen LogP contribution in [-0.2, 0) is 0 Å². The second kappa shape index (κ2) is 5.70. The maximum atomic E-state index is 6.19. The van der Waals surface area contributed by atoms with Gasteiger partial charge in [0, 0.05) is 16.8 Å². The van der Waals surface area contributed by atoms with E-state index in [4.69, 9.17) is 34.8 Å². The van der Waals surface area contributed by atoms with E-state index in [1.165, 1.54) is 5.75 Å². The maximum Gasteiger partial charge on any atom is 0.0722 e. The van der Waals surface area contributed by atoms with Gasteiger partial charge < -0.3 is 5.32 Å². The monoisotopic (exact) mass is 323 g/mol. The molecule has 1 aliphatic rings. The zero-order valence-corrected chi connectivity index (χ0v) is 13.5. The van der Waals surface area contributed by atoms with Gasteiger partial charge in [-0.1, -0.05) is 48.7 Å². The van der Waals surface area contributed by atoms with E-state index in [1.54, 1.807) is 12.1 Å². The lowest BCUT2D eigenvalue weighted by molar-refractivity contribution is 0.358. The van der Waals surface area contributed by atoms with E-state index in [2.05, 4.69) is 19.2 Å². The lowest BCUT2D eigenvalue weighted by Gasteiger charge is -2.35. The van der Waals surface area contributed by atoms with Gasteiger partial charge >= 0.3 is 0 Å². The predicted molar refractivity (Wildman–Crippen MR) is 84.6 cm³/mol. The number of thioether (sulfide) groups is 1. The van der Waals surface area contributed by atoms with Gasteiger partial charge in [-0.2, -0.15) is 11.8 Å². The molecule has 1 aliphatic heterocycles. The quantitative estimate of drug-likeness (QED) is 0.761. The Morgan fingerprint density at radius 3 is 2.39 bits per heavy atom. The molecule has 100 valence electrons. The van der Waals surface area contributed by atoms with Gasteiger partial charge in [0.2, 0.25) is 0 Å². The molecule has 1 N–H and O–H groups in total. The summed E-state index contributed by atoms with van der Waals surface area (Å²) in [6, 6.07) is 3.84. The number of hydrogen-bond acceptors (Lipinski definition) is 2. The molecule has 18 heavy (non-hydrogen) atoms. The van der Waals surface area contributed by atoms with Crippen LogP contribution in [0.4, 0.5) is 5.69 Å². The minimum atomic E-state index is 0.353. The Labute approximate surface area is 128 Å². The van der Waals surface area contributed by atoms with Crippen molar-refractivity contribution < 1.29 is 0 Å². The van der Waals surface area contributed by atoms with E-state index in [0.717, 1.165) is 17.9 Å². The van der Waals surface area contributed by atoms with Gasteiger partial charge in [0.25, 0.3) is 0 Å². The summed E-state index contributed by atoms with van der Waals surface area (Å²) in [5.74, 6) is 2.28. The summed E-state index contributed by atoms with van der Waals surface area (Å²) < 4.78 is 0. The van der Waals surface area contributed by atoms with E-state index in [0.29, 0.717) is 26.5 Å². The van der Waals surface area contributed by atoms with Crippen LogP contribution < -0.4 is 5.32 Å². The second-order valence-electron chi connectivity index (χ2n) is 5.47. The molecule has 1 atom stereocenters. The molecular weight excluding hydrogens is 309 g/mol. The third kappa shape index (κ3) is 3.63. The predicted octanol–water partition coefficient (Wildman–Crippen LogP) is 5.59. The first-order chi connectivity index (χ1) is 8.37. The van der Waals surface area contributed by atoms with Crippen LogP contribution in [-0.4, -0.2) is 17.5 Å². The summed E-state index contributed by atoms with van der Waals surface area (Å²) >= 11 is 20.3. The van der Waals surface area contributed by atoms with Crippen molar-refractivity contribution in [2.45, 2.75) is 26.3 Å². The summed E-state index contributed by atoms with van der Waals surface area (Å²) in [5.41, 5.74) is 1.15. The molecule has 1 aromatic rings. The highest BCUT2D eigenvalue weighted by Gasteiger charge is 2.29. The Bertz CT molecular complexity index is 425. The van der Waals surface area contributed by atoms with Gasteiger partial charge in [0.05, 0.1) is 15.7 Å². The molecule has 0 amide bonds. The fraction of sp³-hybridized carbons (Fsp3) is 0.538. The van der Waals surface area contributed by atoms with Crippen LogP contribution in [0.3, 0.4) is 0 Å². The van der Waals surface area contributed by atoms with E-state index in [9.17, 15) is 0 Å². The zero-order valence-electron chi connectivity index (χ0n) is 10.4. The molecule has 0 spiro atoms. The number of rotatable bonds is 2. The van der Waals surface area contributed by atoms with Crippen LogP contribution in [0.15, 0.2) is 12.1 Å². The van der Waals surface area contributed by atoms with E-state index < -0.39 is 0 Å². The van der Waals surface area contributed by atoms with Crippen molar-refractivity contribution >= 4 is 52.3 Å².